The lowest BCUT2D eigenvalue weighted by molar-refractivity contribution is -0.117. The molecule has 0 spiro atoms. The molecule has 3 aromatic rings. The van der Waals surface area contributed by atoms with Crippen LogP contribution in [-0.2, 0) is 4.79 Å². The van der Waals surface area contributed by atoms with E-state index in [-0.39, 0.29) is 11.1 Å². The van der Waals surface area contributed by atoms with Crippen LogP contribution in [-0.4, -0.2) is 15.9 Å². The lowest BCUT2D eigenvalue weighted by Crippen LogP contribution is -2.32. The molecule has 4 rings (SSSR count). The third kappa shape index (κ3) is 2.07. The van der Waals surface area contributed by atoms with E-state index in [1.165, 1.54) is 0 Å². The van der Waals surface area contributed by atoms with Gasteiger partial charge >= 0.3 is 0 Å². The van der Waals surface area contributed by atoms with Crippen LogP contribution in [0.5, 0.6) is 0 Å². The van der Waals surface area contributed by atoms with Crippen LogP contribution in [0.25, 0.3) is 11.0 Å². The quantitative estimate of drug-likeness (QED) is 0.723. The number of halogens is 1. The summed E-state index contributed by atoms with van der Waals surface area (Å²) in [5.74, 6) is -0.204. The van der Waals surface area contributed by atoms with Crippen LogP contribution in [0.3, 0.4) is 0 Å². The molecule has 1 unspecified atom stereocenters. The van der Waals surface area contributed by atoms with Crippen LogP contribution in [0.1, 0.15) is 11.7 Å². The molecule has 2 N–H and O–H groups in total. The molecule has 5 nitrogen and oxygen atoms in total. The number of amides is 1. The fourth-order valence-corrected chi connectivity index (χ4v) is 2.75. The molecule has 1 aromatic heterocycles. The van der Waals surface area contributed by atoms with Crippen molar-refractivity contribution in [3.05, 3.63) is 59.4 Å². The number of carbonyl (C=O) groups is 1. The lowest BCUT2D eigenvalue weighted by Gasteiger charge is -2.26. The monoisotopic (exact) mass is 310 g/mol. The Kier molecular flexibility index (Phi) is 2.94. The van der Waals surface area contributed by atoms with Gasteiger partial charge in [0.25, 0.3) is 5.91 Å². The van der Waals surface area contributed by atoms with Crippen molar-refractivity contribution in [2.45, 2.75) is 6.04 Å². The Bertz CT molecular complexity index is 896. The Morgan fingerprint density at radius 2 is 1.55 bits per heavy atom. The lowest BCUT2D eigenvalue weighted by atomic mass is 10.1. The number of nitrogens with one attached hydrogen (secondary N) is 2. The summed E-state index contributed by atoms with van der Waals surface area (Å²) in [6, 6.07) is 14.2. The van der Waals surface area contributed by atoms with Gasteiger partial charge in [0.05, 0.1) is 22.4 Å². The van der Waals surface area contributed by atoms with Crippen LogP contribution < -0.4 is 10.6 Å². The normalized spacial score (nSPS) is 16.8. The van der Waals surface area contributed by atoms with Crippen molar-refractivity contribution in [3.8, 4) is 0 Å². The third-order valence-electron chi connectivity index (χ3n) is 3.57. The van der Waals surface area contributed by atoms with E-state index in [2.05, 4.69) is 20.6 Å². The molecule has 0 saturated heterocycles. The number of para-hydroxylation sites is 4. The molecule has 22 heavy (non-hydrogen) atoms. The predicted molar refractivity (Wildman–Crippen MR) is 86.0 cm³/mol. The zero-order chi connectivity index (χ0) is 15.1. The highest BCUT2D eigenvalue weighted by molar-refractivity contribution is 6.30. The van der Waals surface area contributed by atoms with Crippen LogP contribution >= 0.6 is 11.6 Å². The van der Waals surface area contributed by atoms with Gasteiger partial charge in [-0.15, -0.1) is 0 Å². The van der Waals surface area contributed by atoms with E-state index in [9.17, 15) is 4.79 Å². The van der Waals surface area contributed by atoms with Gasteiger partial charge in [-0.3, -0.25) is 4.79 Å². The first-order chi connectivity index (χ1) is 10.7. The summed E-state index contributed by atoms with van der Waals surface area (Å²) in [5, 5.41) is 6.25. The number of hydrogen-bond acceptors (Lipinski definition) is 4. The molecule has 2 aromatic carbocycles. The van der Waals surface area contributed by atoms with Gasteiger partial charge in [-0.2, -0.15) is 0 Å². The Hall–Kier alpha value is -2.66. The van der Waals surface area contributed by atoms with E-state index in [1.54, 1.807) is 0 Å². The minimum absolute atomic E-state index is 0.204. The highest BCUT2D eigenvalue weighted by Crippen LogP contribution is 2.33. The maximum Gasteiger partial charge on any atom is 0.253 e. The van der Waals surface area contributed by atoms with Gasteiger partial charge < -0.3 is 10.6 Å². The second-order valence-electron chi connectivity index (χ2n) is 5.00. The largest absolute Gasteiger partial charge is 0.367 e. The molecule has 1 aliphatic rings. The first-order valence-electron chi connectivity index (χ1n) is 6.81. The van der Waals surface area contributed by atoms with Crippen LogP contribution in [0, 0.1) is 0 Å². The van der Waals surface area contributed by atoms with E-state index in [0.29, 0.717) is 16.7 Å². The Labute approximate surface area is 131 Å². The molecule has 6 heteroatoms. The number of fused-ring (bicyclic) bond motifs is 2. The van der Waals surface area contributed by atoms with E-state index in [4.69, 9.17) is 11.6 Å². The van der Waals surface area contributed by atoms with Crippen LogP contribution in [0.4, 0.5) is 11.4 Å². The maximum atomic E-state index is 12.3. The van der Waals surface area contributed by atoms with Gasteiger partial charge in [-0.25, -0.2) is 9.97 Å². The zero-order valence-corrected chi connectivity index (χ0v) is 12.1. The van der Waals surface area contributed by atoms with Gasteiger partial charge in [-0.1, -0.05) is 35.9 Å². The van der Waals surface area contributed by atoms with Gasteiger partial charge in [0.2, 0.25) is 0 Å². The van der Waals surface area contributed by atoms with Crippen molar-refractivity contribution in [3.63, 3.8) is 0 Å². The van der Waals surface area contributed by atoms with Crippen molar-refractivity contribution in [2.24, 2.45) is 0 Å². The highest BCUT2D eigenvalue weighted by Gasteiger charge is 2.30. The van der Waals surface area contributed by atoms with Crippen LogP contribution in [0.15, 0.2) is 48.5 Å². The summed E-state index contributed by atoms with van der Waals surface area (Å²) in [6.45, 7) is 0. The molecule has 108 valence electrons. The fourth-order valence-electron chi connectivity index (χ4n) is 2.51. The minimum Gasteiger partial charge on any atom is -0.367 e. The zero-order valence-electron chi connectivity index (χ0n) is 11.4. The summed E-state index contributed by atoms with van der Waals surface area (Å²) < 4.78 is 0. The van der Waals surface area contributed by atoms with Gasteiger partial charge in [0.1, 0.15) is 5.69 Å². The summed E-state index contributed by atoms with van der Waals surface area (Å²) in [7, 11) is 0. The Morgan fingerprint density at radius 3 is 2.32 bits per heavy atom. The fraction of sp³-hybridized carbons (Fsp3) is 0.0625. The smallest absolute Gasteiger partial charge is 0.253 e. The number of aromatic nitrogens is 2. The Morgan fingerprint density at radius 1 is 0.909 bits per heavy atom. The van der Waals surface area contributed by atoms with E-state index in [1.807, 2.05) is 48.5 Å². The predicted octanol–water partition coefficient (Wildman–Crippen LogP) is 3.39. The van der Waals surface area contributed by atoms with Crippen molar-refractivity contribution in [1.29, 1.82) is 0 Å². The molecule has 1 amide bonds. The van der Waals surface area contributed by atoms with Crippen LogP contribution in [0.2, 0.25) is 5.15 Å². The Balaban J connectivity index is 1.82. The topological polar surface area (TPSA) is 66.9 Å². The molecule has 0 radical (unpaired) electrons. The summed E-state index contributed by atoms with van der Waals surface area (Å²) in [6.07, 6.45) is 0. The standard InChI is InChI=1S/C16H11ClN4O/c17-15-13(18-9-5-1-3-7-11(9)20-15)14-16(22)21-12-8-4-2-6-10(12)19-14/h1-8,14,19H,(H,21,22). The average Bonchev–Trinajstić information content (AvgIpc) is 2.54. The number of rotatable bonds is 1. The van der Waals surface area contributed by atoms with Gasteiger partial charge in [0.15, 0.2) is 11.2 Å². The molecule has 1 atom stereocenters. The summed E-state index contributed by atoms with van der Waals surface area (Å²) >= 11 is 6.24. The van der Waals surface area contributed by atoms with E-state index in [0.717, 1.165) is 11.4 Å². The molecule has 0 fully saturated rings. The number of benzene rings is 2. The van der Waals surface area contributed by atoms with Crippen molar-refractivity contribution < 1.29 is 4.79 Å². The number of carbonyl (C=O) groups excluding carboxylic acids is 1. The number of anilines is 2. The number of nitrogens with zero attached hydrogens (tertiary/aromatic N) is 2. The molecular formula is C16H11ClN4O. The molecule has 0 aliphatic carbocycles. The third-order valence-corrected chi connectivity index (χ3v) is 3.85. The van der Waals surface area contributed by atoms with Crippen molar-refractivity contribution >= 4 is 39.9 Å². The molecule has 0 bridgehead atoms. The first kappa shape index (κ1) is 13.0. The minimum atomic E-state index is -0.667. The SMILES string of the molecule is O=C1Nc2ccccc2NC1c1nc2ccccc2nc1Cl. The van der Waals surface area contributed by atoms with Crippen molar-refractivity contribution in [1.82, 2.24) is 9.97 Å². The van der Waals surface area contributed by atoms with Gasteiger partial charge in [-0.05, 0) is 24.3 Å². The molecule has 0 saturated carbocycles. The summed E-state index contributed by atoms with van der Waals surface area (Å²) in [4.78, 5) is 21.2. The van der Waals surface area contributed by atoms with E-state index < -0.39 is 6.04 Å². The first-order valence-corrected chi connectivity index (χ1v) is 7.19. The number of hydrogen-bond donors (Lipinski definition) is 2. The maximum absolute atomic E-state index is 12.3. The second kappa shape index (κ2) is 4.96. The second-order valence-corrected chi connectivity index (χ2v) is 5.36. The summed E-state index contributed by atoms with van der Waals surface area (Å²) in [5.41, 5.74) is 3.40. The molecule has 1 aliphatic heterocycles. The average molecular weight is 311 g/mol. The molecular weight excluding hydrogens is 300 g/mol. The van der Waals surface area contributed by atoms with E-state index >= 15 is 0 Å². The highest BCUT2D eigenvalue weighted by atomic mass is 35.5. The molecule has 2 heterocycles. The van der Waals surface area contributed by atoms with Crippen molar-refractivity contribution in [2.75, 3.05) is 10.6 Å². The van der Waals surface area contributed by atoms with Gasteiger partial charge in [0, 0.05) is 0 Å².